The largest absolute Gasteiger partial charge is 0.594 e. The zero-order valence-electron chi connectivity index (χ0n) is 11.6. The number of carbonyl (C=O) groups excluding carboxylic acids is 1. The van der Waals surface area contributed by atoms with Crippen molar-refractivity contribution in [3.8, 4) is 0 Å². The van der Waals surface area contributed by atoms with E-state index in [4.69, 9.17) is 9.57 Å². The highest BCUT2D eigenvalue weighted by Crippen LogP contribution is 2.63. The van der Waals surface area contributed by atoms with Crippen LogP contribution in [-0.4, -0.2) is 33.2 Å². The monoisotopic (exact) mass is 286 g/mol. The van der Waals surface area contributed by atoms with Crippen molar-refractivity contribution in [1.82, 2.24) is 5.17 Å². The molecule has 4 aliphatic heterocycles. The van der Waals surface area contributed by atoms with Crippen LogP contribution in [0.5, 0.6) is 0 Å². The van der Waals surface area contributed by atoms with Crippen LogP contribution in [0.3, 0.4) is 0 Å². The van der Waals surface area contributed by atoms with Gasteiger partial charge in [0.05, 0.1) is 12.0 Å². The third-order valence-corrected chi connectivity index (χ3v) is 5.39. The number of rotatable bonds is 0. The minimum absolute atomic E-state index is 0.154. The summed E-state index contributed by atoms with van der Waals surface area (Å²) in [7, 11) is 0. The fourth-order valence-corrected chi connectivity index (χ4v) is 4.37. The second kappa shape index (κ2) is 3.28. The number of hydrogen-bond acceptors (Lipinski definition) is 5. The molecule has 5 atom stereocenters. The van der Waals surface area contributed by atoms with Crippen molar-refractivity contribution in [2.24, 2.45) is 5.92 Å². The SMILES string of the molecule is CC1=[N+]([O-])N2O[C@@H]3[C@@H]([C@H]4O[C@@H]3c3ccccc34)[C@@]2(C)C1=O. The van der Waals surface area contributed by atoms with Crippen LogP contribution in [0, 0.1) is 11.1 Å². The van der Waals surface area contributed by atoms with E-state index in [0.717, 1.165) is 11.1 Å². The van der Waals surface area contributed by atoms with Gasteiger partial charge in [0.15, 0.2) is 5.54 Å². The summed E-state index contributed by atoms with van der Waals surface area (Å²) in [6, 6.07) is 8.01. The number of fused-ring (bicyclic) bond motifs is 10. The molecule has 0 radical (unpaired) electrons. The fourth-order valence-electron chi connectivity index (χ4n) is 4.37. The Hall–Kier alpha value is -1.92. The first-order valence-corrected chi connectivity index (χ1v) is 7.12. The van der Waals surface area contributed by atoms with E-state index in [1.54, 1.807) is 13.8 Å². The first kappa shape index (κ1) is 11.7. The Labute approximate surface area is 121 Å². The summed E-state index contributed by atoms with van der Waals surface area (Å²) in [6.45, 7) is 3.33. The smallest absolute Gasteiger partial charge is 0.264 e. The molecule has 0 spiro atoms. The molecule has 4 aliphatic rings. The highest BCUT2D eigenvalue weighted by molar-refractivity contribution is 6.41. The van der Waals surface area contributed by atoms with Gasteiger partial charge in [-0.25, -0.2) is 4.84 Å². The van der Waals surface area contributed by atoms with Gasteiger partial charge in [0.25, 0.3) is 11.5 Å². The predicted molar refractivity (Wildman–Crippen MR) is 70.9 cm³/mol. The summed E-state index contributed by atoms with van der Waals surface area (Å²) in [6.07, 6.45) is -0.655. The van der Waals surface area contributed by atoms with Gasteiger partial charge in [0.1, 0.15) is 12.2 Å². The maximum Gasteiger partial charge on any atom is 0.264 e. The lowest BCUT2D eigenvalue weighted by Gasteiger charge is -2.28. The van der Waals surface area contributed by atoms with E-state index in [-0.39, 0.29) is 35.7 Å². The number of hydroxylamine groups is 1. The molecule has 0 aromatic heterocycles. The van der Waals surface area contributed by atoms with Gasteiger partial charge in [-0.05, 0) is 23.2 Å². The molecule has 6 nitrogen and oxygen atoms in total. The molecule has 2 fully saturated rings. The van der Waals surface area contributed by atoms with Crippen LogP contribution in [0.25, 0.3) is 0 Å². The van der Waals surface area contributed by atoms with E-state index < -0.39 is 5.54 Å². The lowest BCUT2D eigenvalue weighted by Crippen LogP contribution is -2.50. The van der Waals surface area contributed by atoms with Crippen molar-refractivity contribution in [1.29, 1.82) is 0 Å². The zero-order valence-corrected chi connectivity index (χ0v) is 11.6. The molecule has 4 heterocycles. The third-order valence-electron chi connectivity index (χ3n) is 5.39. The highest BCUT2D eigenvalue weighted by atomic mass is 16.8. The van der Waals surface area contributed by atoms with Crippen molar-refractivity contribution >= 4 is 11.5 Å². The Morgan fingerprint density at radius 2 is 1.95 bits per heavy atom. The van der Waals surface area contributed by atoms with Crippen LogP contribution in [0.15, 0.2) is 24.3 Å². The Balaban J connectivity index is 1.68. The van der Waals surface area contributed by atoms with Crippen molar-refractivity contribution < 1.29 is 19.2 Å². The summed E-state index contributed by atoms with van der Waals surface area (Å²) in [5.41, 5.74) is 1.43. The summed E-state index contributed by atoms with van der Waals surface area (Å²) >= 11 is 0. The number of ether oxygens (including phenoxy) is 1. The summed E-state index contributed by atoms with van der Waals surface area (Å²) in [5.74, 6) is -0.322. The lowest BCUT2D eigenvalue weighted by molar-refractivity contribution is -0.720. The summed E-state index contributed by atoms with van der Waals surface area (Å²) in [4.78, 5) is 19.0. The maximum absolute atomic E-state index is 12.6. The van der Waals surface area contributed by atoms with E-state index in [1.165, 1.54) is 5.17 Å². The first-order chi connectivity index (χ1) is 10.0. The Kier molecular flexibility index (Phi) is 1.83. The molecule has 1 aromatic rings. The quantitative estimate of drug-likeness (QED) is 0.531. The van der Waals surface area contributed by atoms with Gasteiger partial charge in [-0.3, -0.25) is 4.79 Å². The molecule has 2 bridgehead atoms. The summed E-state index contributed by atoms with van der Waals surface area (Å²) in [5, 5.41) is 13.4. The predicted octanol–water partition coefficient (Wildman–Crippen LogP) is 1.27. The molecule has 0 unspecified atom stereocenters. The van der Waals surface area contributed by atoms with E-state index in [2.05, 4.69) is 0 Å². The Morgan fingerprint density at radius 3 is 2.67 bits per heavy atom. The van der Waals surface area contributed by atoms with E-state index in [9.17, 15) is 10.0 Å². The average molecular weight is 286 g/mol. The number of benzene rings is 1. The van der Waals surface area contributed by atoms with Crippen molar-refractivity contribution in [3.63, 3.8) is 0 Å². The Bertz CT molecular complexity index is 730. The Morgan fingerprint density at radius 1 is 1.29 bits per heavy atom. The standard InChI is InChI=1S/C15H14N2O4/c1-7-14(18)15(2)10-11-8-5-3-4-6-9(8)12(20-11)13(10)21-17(15)16(7)19/h3-6,10-13H,1-2H3/t10-,11+,12-,13-,15+/m1/s1. The molecule has 1 aromatic carbocycles. The molecule has 0 amide bonds. The second-order valence-electron chi connectivity index (χ2n) is 6.31. The van der Waals surface area contributed by atoms with Crippen molar-refractivity contribution in [2.45, 2.75) is 37.7 Å². The summed E-state index contributed by atoms with van der Waals surface area (Å²) < 4.78 is 6.07. The first-order valence-electron chi connectivity index (χ1n) is 7.12. The number of ketones is 1. The number of hydrazine groups is 1. The van der Waals surface area contributed by atoms with Crippen LogP contribution in [0.2, 0.25) is 0 Å². The van der Waals surface area contributed by atoms with Crippen LogP contribution in [-0.2, 0) is 14.4 Å². The number of hydrazone groups is 1. The van der Waals surface area contributed by atoms with Crippen LogP contribution in [0.4, 0.5) is 0 Å². The molecule has 0 aliphatic carbocycles. The van der Waals surface area contributed by atoms with Gasteiger partial charge < -0.3 is 9.94 Å². The number of hydrogen-bond donors (Lipinski definition) is 0. The van der Waals surface area contributed by atoms with Crippen LogP contribution in [0.1, 0.15) is 37.2 Å². The van der Waals surface area contributed by atoms with Gasteiger partial charge in [-0.1, -0.05) is 29.1 Å². The minimum atomic E-state index is -0.969. The highest BCUT2D eigenvalue weighted by Gasteiger charge is 2.75. The molecule has 5 rings (SSSR count). The van der Waals surface area contributed by atoms with E-state index in [0.29, 0.717) is 4.85 Å². The third kappa shape index (κ3) is 1.04. The van der Waals surface area contributed by atoms with E-state index >= 15 is 0 Å². The van der Waals surface area contributed by atoms with Gasteiger partial charge in [-0.2, -0.15) is 0 Å². The van der Waals surface area contributed by atoms with Gasteiger partial charge >= 0.3 is 0 Å². The van der Waals surface area contributed by atoms with Crippen LogP contribution < -0.4 is 0 Å². The fraction of sp³-hybridized carbons (Fsp3) is 0.467. The normalized spacial score (nSPS) is 42.6. The molecule has 2 saturated heterocycles. The van der Waals surface area contributed by atoms with Gasteiger partial charge in [-0.15, -0.1) is 0 Å². The molecule has 108 valence electrons. The molecule has 6 heteroatoms. The number of Topliss-reactive ketones (excluding diaryl/α,β-unsaturated/α-hetero) is 1. The second-order valence-corrected chi connectivity index (χ2v) is 6.31. The topological polar surface area (TPSA) is 64.8 Å². The molecular weight excluding hydrogens is 272 g/mol. The van der Waals surface area contributed by atoms with Crippen LogP contribution >= 0.6 is 0 Å². The minimum Gasteiger partial charge on any atom is -0.594 e. The molecule has 0 saturated carbocycles. The molecular formula is C15H14N2O4. The van der Waals surface area contributed by atoms with Gasteiger partial charge in [0.2, 0.25) is 0 Å². The van der Waals surface area contributed by atoms with Crippen molar-refractivity contribution in [2.75, 3.05) is 0 Å². The number of nitrogens with zero attached hydrogens (tertiary/aromatic N) is 2. The maximum atomic E-state index is 12.6. The lowest BCUT2D eigenvalue weighted by atomic mass is 9.71. The molecule has 0 N–H and O–H groups in total. The zero-order chi connectivity index (χ0) is 14.5. The molecule has 21 heavy (non-hydrogen) atoms. The van der Waals surface area contributed by atoms with E-state index in [1.807, 2.05) is 24.3 Å². The average Bonchev–Trinajstić information content (AvgIpc) is 3.17. The van der Waals surface area contributed by atoms with Crippen molar-refractivity contribution in [3.05, 3.63) is 40.6 Å². The number of carbonyl (C=O) groups is 1. The van der Waals surface area contributed by atoms with Gasteiger partial charge in [0, 0.05) is 6.92 Å².